The molecule has 0 bridgehead atoms. The van der Waals surface area contributed by atoms with Gasteiger partial charge in [0.2, 0.25) is 0 Å². The summed E-state index contributed by atoms with van der Waals surface area (Å²) in [5.41, 5.74) is 6.02. The van der Waals surface area contributed by atoms with Gasteiger partial charge in [0, 0.05) is 39.3 Å². The molecule has 0 radical (unpaired) electrons. The van der Waals surface area contributed by atoms with Crippen LogP contribution in [0.2, 0.25) is 0 Å². The molecule has 3 heterocycles. The number of morpholine rings is 1. The lowest BCUT2D eigenvalue weighted by atomic mass is 10.2. The van der Waals surface area contributed by atoms with Gasteiger partial charge in [-0.1, -0.05) is 0 Å². The minimum atomic E-state index is -0.483. The summed E-state index contributed by atoms with van der Waals surface area (Å²) in [6, 6.07) is 0.436. The van der Waals surface area contributed by atoms with Crippen molar-refractivity contribution in [3.8, 4) is 0 Å². The van der Waals surface area contributed by atoms with E-state index in [1.807, 2.05) is 4.68 Å². The van der Waals surface area contributed by atoms with Gasteiger partial charge in [-0.25, -0.2) is 4.68 Å². The van der Waals surface area contributed by atoms with Crippen LogP contribution in [0.3, 0.4) is 0 Å². The predicted octanol–water partition coefficient (Wildman–Crippen LogP) is 0.428. The first kappa shape index (κ1) is 20.5. The molecule has 1 aromatic rings. The number of halogens is 1. The molecule has 0 aliphatic carbocycles. The first-order valence-electron chi connectivity index (χ1n) is 9.44. The van der Waals surface area contributed by atoms with Crippen LogP contribution in [0.1, 0.15) is 29.2 Å². The van der Waals surface area contributed by atoms with Crippen molar-refractivity contribution in [2.24, 2.45) is 5.73 Å². The lowest BCUT2D eigenvalue weighted by molar-refractivity contribution is 0.0378. The number of nitrogens with one attached hydrogen (secondary N) is 2. The zero-order chi connectivity index (χ0) is 19.2. The first-order chi connectivity index (χ1) is 13.1. The smallest absolute Gasteiger partial charge is 0.255 e. The molecule has 2 fully saturated rings. The van der Waals surface area contributed by atoms with E-state index in [1.165, 1.54) is 0 Å². The zero-order valence-electron chi connectivity index (χ0n) is 15.7. The van der Waals surface area contributed by atoms with Crippen molar-refractivity contribution in [3.63, 3.8) is 0 Å². The fraction of sp³-hybridized carbons (Fsp3) is 0.765. The fourth-order valence-electron chi connectivity index (χ4n) is 3.71. The lowest BCUT2D eigenvalue weighted by Gasteiger charge is -2.26. The molecule has 0 unspecified atom stereocenters. The molecule has 0 aromatic carbocycles. The molecule has 9 nitrogen and oxygen atoms in total. The number of amides is 1. The Morgan fingerprint density at radius 2 is 2.26 bits per heavy atom. The Hall–Kier alpha value is -1.20. The molecule has 0 spiro atoms. The van der Waals surface area contributed by atoms with Crippen LogP contribution in [0.4, 0.5) is 5.82 Å². The van der Waals surface area contributed by atoms with E-state index in [0.29, 0.717) is 22.6 Å². The number of methoxy groups -OCH3 is 1. The molecule has 1 amide bonds. The van der Waals surface area contributed by atoms with E-state index in [2.05, 4.69) is 36.6 Å². The van der Waals surface area contributed by atoms with Gasteiger partial charge in [-0.15, -0.1) is 0 Å². The SMILES string of the molecule is COC[C@H]1C[C@H](n2nc(Br)c(C(N)=O)c2NCCCN2CCOCC2)CN1. The van der Waals surface area contributed by atoms with Crippen LogP contribution >= 0.6 is 15.9 Å². The highest BCUT2D eigenvalue weighted by atomic mass is 79.9. The third-order valence-electron chi connectivity index (χ3n) is 5.07. The zero-order valence-corrected chi connectivity index (χ0v) is 17.3. The van der Waals surface area contributed by atoms with Gasteiger partial charge in [0.1, 0.15) is 16.0 Å². The van der Waals surface area contributed by atoms with E-state index in [4.69, 9.17) is 15.2 Å². The Labute approximate surface area is 168 Å². The number of primary amides is 1. The molecule has 10 heteroatoms. The van der Waals surface area contributed by atoms with Crippen molar-refractivity contribution >= 4 is 27.7 Å². The molecule has 4 N–H and O–H groups in total. The number of rotatable bonds is 9. The Kier molecular flexibility index (Phi) is 7.48. The summed E-state index contributed by atoms with van der Waals surface area (Å²) < 4.78 is 13.0. The number of hydrogen-bond acceptors (Lipinski definition) is 7. The molecule has 0 saturated carbocycles. The van der Waals surface area contributed by atoms with Gasteiger partial charge in [0.05, 0.1) is 25.9 Å². The maximum atomic E-state index is 12.0. The first-order valence-corrected chi connectivity index (χ1v) is 10.2. The summed E-state index contributed by atoms with van der Waals surface area (Å²) in [6.07, 6.45) is 1.86. The Balaban J connectivity index is 1.64. The highest BCUT2D eigenvalue weighted by molar-refractivity contribution is 9.10. The topological polar surface area (TPSA) is 107 Å². The minimum Gasteiger partial charge on any atom is -0.383 e. The minimum absolute atomic E-state index is 0.149. The van der Waals surface area contributed by atoms with E-state index < -0.39 is 5.91 Å². The number of nitrogens with two attached hydrogens (primary N) is 1. The second-order valence-electron chi connectivity index (χ2n) is 7.01. The van der Waals surface area contributed by atoms with Crippen LogP contribution in [0.5, 0.6) is 0 Å². The number of nitrogens with zero attached hydrogens (tertiary/aromatic N) is 3. The second-order valence-corrected chi connectivity index (χ2v) is 7.76. The summed E-state index contributed by atoms with van der Waals surface area (Å²) in [5.74, 6) is 0.212. The molecule has 2 atom stereocenters. The molecule has 27 heavy (non-hydrogen) atoms. The normalized spacial score (nSPS) is 23.6. The van der Waals surface area contributed by atoms with Crippen LogP contribution in [-0.4, -0.2) is 86.3 Å². The van der Waals surface area contributed by atoms with E-state index in [1.54, 1.807) is 7.11 Å². The predicted molar refractivity (Wildman–Crippen MR) is 106 cm³/mol. The third-order valence-corrected chi connectivity index (χ3v) is 5.63. The molecular weight excluding hydrogens is 416 g/mol. The van der Waals surface area contributed by atoms with Crippen molar-refractivity contribution in [1.29, 1.82) is 0 Å². The van der Waals surface area contributed by atoms with E-state index in [-0.39, 0.29) is 12.1 Å². The largest absolute Gasteiger partial charge is 0.383 e. The second kappa shape index (κ2) is 9.83. The van der Waals surface area contributed by atoms with Gasteiger partial charge in [-0.05, 0) is 35.3 Å². The maximum Gasteiger partial charge on any atom is 0.255 e. The van der Waals surface area contributed by atoms with E-state index in [0.717, 1.165) is 58.8 Å². The number of ether oxygens (including phenoxy) is 2. The quantitative estimate of drug-likeness (QED) is 0.474. The molecule has 2 aliphatic rings. The highest BCUT2D eigenvalue weighted by Crippen LogP contribution is 2.30. The van der Waals surface area contributed by atoms with Gasteiger partial charge in [0.15, 0.2) is 0 Å². The Morgan fingerprint density at radius 1 is 1.48 bits per heavy atom. The fourth-order valence-corrected chi connectivity index (χ4v) is 4.26. The third kappa shape index (κ3) is 5.20. The van der Waals surface area contributed by atoms with Gasteiger partial charge in [-0.2, -0.15) is 5.10 Å². The summed E-state index contributed by atoms with van der Waals surface area (Å²) >= 11 is 3.39. The Morgan fingerprint density at radius 3 is 2.96 bits per heavy atom. The van der Waals surface area contributed by atoms with Crippen molar-refractivity contribution < 1.29 is 14.3 Å². The van der Waals surface area contributed by atoms with Gasteiger partial charge in [0.25, 0.3) is 5.91 Å². The highest BCUT2D eigenvalue weighted by Gasteiger charge is 2.30. The van der Waals surface area contributed by atoms with Crippen LogP contribution < -0.4 is 16.4 Å². The number of carbonyl (C=O) groups is 1. The lowest BCUT2D eigenvalue weighted by Crippen LogP contribution is -2.37. The molecule has 1 aromatic heterocycles. The summed E-state index contributed by atoms with van der Waals surface area (Å²) in [4.78, 5) is 14.4. The number of carbonyl (C=O) groups excluding carboxylic acids is 1. The van der Waals surface area contributed by atoms with Crippen LogP contribution in [-0.2, 0) is 9.47 Å². The monoisotopic (exact) mass is 444 g/mol. The Bertz CT molecular complexity index is 634. The number of anilines is 1. The summed E-state index contributed by atoms with van der Waals surface area (Å²) in [7, 11) is 1.70. The maximum absolute atomic E-state index is 12.0. The van der Waals surface area contributed by atoms with Crippen molar-refractivity contribution in [2.45, 2.75) is 24.9 Å². The molecule has 2 saturated heterocycles. The van der Waals surface area contributed by atoms with Crippen molar-refractivity contribution in [1.82, 2.24) is 20.0 Å². The number of aromatic nitrogens is 2. The molecule has 152 valence electrons. The van der Waals surface area contributed by atoms with Crippen molar-refractivity contribution in [2.75, 3.05) is 65.0 Å². The van der Waals surface area contributed by atoms with Gasteiger partial charge < -0.3 is 25.8 Å². The number of hydrogen-bond donors (Lipinski definition) is 3. The van der Waals surface area contributed by atoms with Gasteiger partial charge >= 0.3 is 0 Å². The van der Waals surface area contributed by atoms with Crippen molar-refractivity contribution in [3.05, 3.63) is 10.2 Å². The van der Waals surface area contributed by atoms with E-state index in [9.17, 15) is 4.79 Å². The van der Waals surface area contributed by atoms with Crippen LogP contribution in [0, 0.1) is 0 Å². The van der Waals surface area contributed by atoms with E-state index >= 15 is 0 Å². The molecule has 2 aliphatic heterocycles. The van der Waals surface area contributed by atoms with Gasteiger partial charge in [-0.3, -0.25) is 9.69 Å². The standard InChI is InChI=1S/C17H29BrN6O3/c1-26-11-12-9-13(10-21-12)24-17(14(16(19)25)15(18)22-24)20-3-2-4-23-5-7-27-8-6-23/h12-13,20-21H,2-11H2,1H3,(H2,19,25)/t12-,13+/m1/s1. The molecule has 3 rings (SSSR count). The average molecular weight is 445 g/mol. The molecular formula is C17H29BrN6O3. The summed E-state index contributed by atoms with van der Waals surface area (Å²) in [6.45, 7) is 6.74. The summed E-state index contributed by atoms with van der Waals surface area (Å²) in [5, 5.41) is 11.4. The average Bonchev–Trinajstić information content (AvgIpc) is 3.24. The van der Waals surface area contributed by atoms with Crippen LogP contribution in [0.25, 0.3) is 0 Å². The van der Waals surface area contributed by atoms with Crippen LogP contribution in [0.15, 0.2) is 4.60 Å².